The number of carbonyl (C=O) groups is 1. The lowest BCUT2D eigenvalue weighted by atomic mass is 10.0. The average Bonchev–Trinajstić information content (AvgIpc) is 2.33. The van der Waals surface area contributed by atoms with Crippen LogP contribution in [0.25, 0.3) is 0 Å². The molecule has 3 nitrogen and oxygen atoms in total. The first-order valence-electron chi connectivity index (χ1n) is 3.69. The Morgan fingerprint density at radius 3 is 2.58 bits per heavy atom. The van der Waals surface area contributed by atoms with Crippen molar-refractivity contribution in [2.75, 3.05) is 6.54 Å². The third kappa shape index (κ3) is 2.32. The Morgan fingerprint density at radius 2 is 2.33 bits per heavy atom. The van der Waals surface area contributed by atoms with E-state index in [-0.39, 0.29) is 25.4 Å². The molecule has 0 unspecified atom stereocenters. The number of hydrogen-bond donors (Lipinski definition) is 2. The van der Waals surface area contributed by atoms with Crippen molar-refractivity contribution >= 4 is 18.4 Å². The second-order valence-corrected chi connectivity index (χ2v) is 3.13. The molecule has 0 aromatic carbocycles. The highest BCUT2D eigenvalue weighted by atomic mass is 35.5. The fraction of sp³-hybridized carbons (Fsp3) is 0.857. The highest BCUT2D eigenvalue weighted by molar-refractivity contribution is 5.85. The van der Waals surface area contributed by atoms with E-state index in [9.17, 15) is 9.18 Å². The smallest absolute Gasteiger partial charge is 0.306 e. The van der Waals surface area contributed by atoms with E-state index in [1.54, 1.807) is 0 Å². The standard InChI is InChI=1S/C7H12FNO2.ClH/c8-7(4-9)2-1-5(3-7)6(10)11;/h5H,1-4,9H2,(H,10,11);1H/t5-,7-;/m1./s1. The summed E-state index contributed by atoms with van der Waals surface area (Å²) in [6, 6.07) is 0. The molecule has 0 spiro atoms. The molecular weight excluding hydrogens is 185 g/mol. The van der Waals surface area contributed by atoms with E-state index >= 15 is 0 Å². The molecule has 5 heteroatoms. The van der Waals surface area contributed by atoms with Gasteiger partial charge in [0, 0.05) is 6.54 Å². The maximum absolute atomic E-state index is 13.3. The van der Waals surface area contributed by atoms with E-state index < -0.39 is 17.6 Å². The number of carboxylic acids is 1. The van der Waals surface area contributed by atoms with Crippen LogP contribution in [0.3, 0.4) is 0 Å². The van der Waals surface area contributed by atoms with E-state index in [1.807, 2.05) is 0 Å². The number of alkyl halides is 1. The Morgan fingerprint density at radius 1 is 1.75 bits per heavy atom. The molecule has 0 heterocycles. The van der Waals surface area contributed by atoms with Gasteiger partial charge >= 0.3 is 5.97 Å². The molecule has 72 valence electrons. The van der Waals surface area contributed by atoms with Crippen LogP contribution in [-0.2, 0) is 4.79 Å². The van der Waals surface area contributed by atoms with E-state index in [1.165, 1.54) is 0 Å². The largest absolute Gasteiger partial charge is 0.481 e. The monoisotopic (exact) mass is 197 g/mol. The summed E-state index contributed by atoms with van der Waals surface area (Å²) in [4.78, 5) is 10.4. The predicted molar refractivity (Wildman–Crippen MR) is 45.1 cm³/mol. The summed E-state index contributed by atoms with van der Waals surface area (Å²) >= 11 is 0. The normalized spacial score (nSPS) is 34.3. The molecular formula is C7H13ClFNO2. The van der Waals surface area contributed by atoms with E-state index in [4.69, 9.17) is 10.8 Å². The molecule has 2 atom stereocenters. The van der Waals surface area contributed by atoms with Crippen LogP contribution in [-0.4, -0.2) is 23.3 Å². The zero-order valence-electron chi connectivity index (χ0n) is 6.62. The summed E-state index contributed by atoms with van der Waals surface area (Å²) < 4.78 is 13.3. The number of aliphatic carboxylic acids is 1. The minimum atomic E-state index is -1.41. The highest BCUT2D eigenvalue weighted by Crippen LogP contribution is 2.36. The maximum atomic E-state index is 13.3. The van der Waals surface area contributed by atoms with E-state index in [0.717, 1.165) is 0 Å². The number of nitrogens with two attached hydrogens (primary N) is 1. The van der Waals surface area contributed by atoms with Crippen molar-refractivity contribution in [1.82, 2.24) is 0 Å². The summed E-state index contributed by atoms with van der Waals surface area (Å²) in [6.45, 7) is -0.0587. The Hall–Kier alpha value is -0.350. The highest BCUT2D eigenvalue weighted by Gasteiger charge is 2.41. The molecule has 1 aliphatic carbocycles. The first-order valence-corrected chi connectivity index (χ1v) is 3.69. The lowest BCUT2D eigenvalue weighted by Crippen LogP contribution is -2.30. The first-order chi connectivity index (χ1) is 5.07. The van der Waals surface area contributed by atoms with Crippen molar-refractivity contribution in [2.24, 2.45) is 11.7 Å². The second-order valence-electron chi connectivity index (χ2n) is 3.13. The first kappa shape index (κ1) is 11.6. The van der Waals surface area contributed by atoms with Crippen molar-refractivity contribution < 1.29 is 14.3 Å². The van der Waals surface area contributed by atoms with Crippen LogP contribution in [0.2, 0.25) is 0 Å². The van der Waals surface area contributed by atoms with Crippen LogP contribution in [0.15, 0.2) is 0 Å². The minimum absolute atomic E-state index is 0. The van der Waals surface area contributed by atoms with Crippen molar-refractivity contribution in [2.45, 2.75) is 24.9 Å². The lowest BCUT2D eigenvalue weighted by Gasteiger charge is -2.15. The van der Waals surface area contributed by atoms with Crippen molar-refractivity contribution in [3.8, 4) is 0 Å². The zero-order valence-corrected chi connectivity index (χ0v) is 7.44. The lowest BCUT2D eigenvalue weighted by molar-refractivity contribution is -0.141. The minimum Gasteiger partial charge on any atom is -0.481 e. The molecule has 3 N–H and O–H groups in total. The van der Waals surface area contributed by atoms with Gasteiger partial charge in [-0.25, -0.2) is 4.39 Å². The Kier molecular flexibility index (Phi) is 3.93. The van der Waals surface area contributed by atoms with Gasteiger partial charge < -0.3 is 10.8 Å². The van der Waals surface area contributed by atoms with Crippen LogP contribution in [0.1, 0.15) is 19.3 Å². The summed E-state index contributed by atoms with van der Waals surface area (Å²) in [6.07, 6.45) is 0.794. The van der Waals surface area contributed by atoms with Gasteiger partial charge in [-0.2, -0.15) is 0 Å². The fourth-order valence-electron chi connectivity index (χ4n) is 1.47. The molecule has 1 saturated carbocycles. The molecule has 0 aromatic heterocycles. The van der Waals surface area contributed by atoms with Gasteiger partial charge in [0.05, 0.1) is 5.92 Å². The molecule has 12 heavy (non-hydrogen) atoms. The summed E-state index contributed by atoms with van der Waals surface area (Å²) in [7, 11) is 0. The third-order valence-corrected chi connectivity index (χ3v) is 2.27. The fourth-order valence-corrected chi connectivity index (χ4v) is 1.47. The number of carboxylic acid groups (broad SMARTS) is 1. The van der Waals surface area contributed by atoms with Gasteiger partial charge in [0.25, 0.3) is 0 Å². The Labute approximate surface area is 76.5 Å². The summed E-state index contributed by atoms with van der Waals surface area (Å²) in [5.41, 5.74) is 3.75. The second kappa shape index (κ2) is 4.05. The van der Waals surface area contributed by atoms with Gasteiger partial charge in [-0.15, -0.1) is 12.4 Å². The van der Waals surface area contributed by atoms with Crippen LogP contribution in [0, 0.1) is 5.92 Å². The number of rotatable bonds is 2. The van der Waals surface area contributed by atoms with Crippen molar-refractivity contribution in [3.63, 3.8) is 0 Å². The molecule has 1 rings (SSSR count). The van der Waals surface area contributed by atoms with Crippen LogP contribution < -0.4 is 5.73 Å². The van der Waals surface area contributed by atoms with Gasteiger partial charge in [0.1, 0.15) is 5.67 Å². The van der Waals surface area contributed by atoms with E-state index in [2.05, 4.69) is 0 Å². The quantitative estimate of drug-likeness (QED) is 0.693. The number of halogens is 2. The summed E-state index contributed by atoms with van der Waals surface area (Å²) in [5.74, 6) is -1.43. The average molecular weight is 198 g/mol. The molecule has 0 saturated heterocycles. The molecule has 0 amide bonds. The topological polar surface area (TPSA) is 63.3 Å². The predicted octanol–water partition coefficient (Wildman–Crippen LogP) is 0.960. The van der Waals surface area contributed by atoms with Gasteiger partial charge in [0.2, 0.25) is 0 Å². The summed E-state index contributed by atoms with van der Waals surface area (Å²) in [5, 5.41) is 8.53. The van der Waals surface area contributed by atoms with Gasteiger partial charge in [-0.1, -0.05) is 0 Å². The number of hydrogen-bond acceptors (Lipinski definition) is 2. The van der Waals surface area contributed by atoms with Gasteiger partial charge in [-0.05, 0) is 19.3 Å². The Balaban J connectivity index is 0.00000121. The molecule has 1 aliphatic rings. The maximum Gasteiger partial charge on any atom is 0.306 e. The van der Waals surface area contributed by atoms with Crippen LogP contribution in [0.5, 0.6) is 0 Å². The molecule has 0 aliphatic heterocycles. The molecule has 0 bridgehead atoms. The van der Waals surface area contributed by atoms with Gasteiger partial charge in [0.15, 0.2) is 0 Å². The van der Waals surface area contributed by atoms with Gasteiger partial charge in [-0.3, -0.25) is 4.79 Å². The van der Waals surface area contributed by atoms with E-state index in [0.29, 0.717) is 12.8 Å². The van der Waals surface area contributed by atoms with Crippen molar-refractivity contribution in [3.05, 3.63) is 0 Å². The zero-order chi connectivity index (χ0) is 8.48. The molecule has 0 radical (unpaired) electrons. The van der Waals surface area contributed by atoms with Crippen LogP contribution >= 0.6 is 12.4 Å². The molecule has 1 fully saturated rings. The van der Waals surface area contributed by atoms with Crippen LogP contribution in [0.4, 0.5) is 4.39 Å². The van der Waals surface area contributed by atoms with Crippen molar-refractivity contribution in [1.29, 1.82) is 0 Å². The third-order valence-electron chi connectivity index (χ3n) is 2.27. The SMILES string of the molecule is Cl.NC[C@@]1(F)CC[C@@H](C(=O)O)C1. The Bertz CT molecular complexity index is 179. The molecule has 0 aromatic rings.